The van der Waals surface area contributed by atoms with Gasteiger partial charge in [-0.1, -0.05) is 6.92 Å². The van der Waals surface area contributed by atoms with Crippen molar-refractivity contribution in [2.45, 2.75) is 32.4 Å². The Balaban J connectivity index is 4.10. The van der Waals surface area contributed by atoms with Gasteiger partial charge in [-0.25, -0.2) is 25.9 Å². The van der Waals surface area contributed by atoms with E-state index in [0.29, 0.717) is 19.5 Å². The molecule has 0 rings (SSSR count). The largest absolute Gasteiger partial charge is 0.215 e. The van der Waals surface area contributed by atoms with Gasteiger partial charge in [-0.2, -0.15) is 0 Å². The average molecular weight is 286 g/mol. The molecule has 8 heteroatoms. The van der Waals surface area contributed by atoms with E-state index in [2.05, 4.69) is 4.72 Å². The molecular formula is C9H22N2O4S2. The smallest absolute Gasteiger partial charge is 0.213 e. The third kappa shape index (κ3) is 6.35. The van der Waals surface area contributed by atoms with Gasteiger partial charge in [0.15, 0.2) is 0 Å². The lowest BCUT2D eigenvalue weighted by atomic mass is 10.4. The zero-order valence-electron chi connectivity index (χ0n) is 10.8. The Morgan fingerprint density at radius 3 is 2.06 bits per heavy atom. The number of nitrogens with one attached hydrogen (secondary N) is 1. The van der Waals surface area contributed by atoms with Crippen molar-refractivity contribution in [1.82, 2.24) is 9.03 Å². The van der Waals surface area contributed by atoms with Crippen molar-refractivity contribution in [1.29, 1.82) is 0 Å². The molecule has 6 nitrogen and oxygen atoms in total. The second kappa shape index (κ2) is 6.67. The van der Waals surface area contributed by atoms with Crippen LogP contribution in [0.2, 0.25) is 0 Å². The molecule has 104 valence electrons. The Labute approximate surface area is 104 Å². The van der Waals surface area contributed by atoms with Crippen molar-refractivity contribution in [3.8, 4) is 0 Å². The van der Waals surface area contributed by atoms with Crippen LogP contribution in [-0.4, -0.2) is 52.3 Å². The van der Waals surface area contributed by atoms with Gasteiger partial charge in [0.05, 0.1) is 11.5 Å². The fraction of sp³-hybridized carbons (Fsp3) is 1.00. The van der Waals surface area contributed by atoms with E-state index in [1.807, 2.05) is 0 Å². The average Bonchev–Trinajstić information content (AvgIpc) is 2.15. The fourth-order valence-electron chi connectivity index (χ4n) is 1.19. The number of hydrogen-bond acceptors (Lipinski definition) is 4. The van der Waals surface area contributed by atoms with E-state index < -0.39 is 25.3 Å². The number of nitrogens with zero attached hydrogens (tertiary/aromatic N) is 1. The summed E-state index contributed by atoms with van der Waals surface area (Å²) in [7, 11) is -6.45. The van der Waals surface area contributed by atoms with E-state index in [0.717, 1.165) is 6.26 Å². The van der Waals surface area contributed by atoms with E-state index >= 15 is 0 Å². The molecule has 17 heavy (non-hydrogen) atoms. The van der Waals surface area contributed by atoms with Gasteiger partial charge in [-0.3, -0.25) is 0 Å². The summed E-state index contributed by atoms with van der Waals surface area (Å²) in [5.74, 6) is 0. The van der Waals surface area contributed by atoms with Crippen LogP contribution in [0, 0.1) is 0 Å². The van der Waals surface area contributed by atoms with E-state index in [9.17, 15) is 16.8 Å². The summed E-state index contributed by atoms with van der Waals surface area (Å²) < 4.78 is 49.1. The predicted molar refractivity (Wildman–Crippen MR) is 68.8 cm³/mol. The molecule has 0 unspecified atom stereocenters. The predicted octanol–water partition coefficient (Wildman–Crippen LogP) is -0.0142. The topological polar surface area (TPSA) is 83.6 Å². The van der Waals surface area contributed by atoms with Gasteiger partial charge < -0.3 is 0 Å². The Hall–Kier alpha value is -0.180. The van der Waals surface area contributed by atoms with Crippen LogP contribution < -0.4 is 4.72 Å². The number of hydrogen-bond donors (Lipinski definition) is 1. The first-order valence-corrected chi connectivity index (χ1v) is 8.94. The molecule has 0 aliphatic heterocycles. The van der Waals surface area contributed by atoms with E-state index in [4.69, 9.17) is 0 Å². The summed E-state index contributed by atoms with van der Waals surface area (Å²) in [5.41, 5.74) is 0. The van der Waals surface area contributed by atoms with E-state index in [-0.39, 0.29) is 6.54 Å². The normalized spacial score (nSPS) is 13.5. The zero-order valence-corrected chi connectivity index (χ0v) is 12.4. The highest BCUT2D eigenvalue weighted by molar-refractivity contribution is 7.90. The minimum absolute atomic E-state index is 0.256. The van der Waals surface area contributed by atoms with Crippen LogP contribution in [0.1, 0.15) is 27.2 Å². The van der Waals surface area contributed by atoms with Gasteiger partial charge in [-0.15, -0.1) is 0 Å². The molecule has 0 fully saturated rings. The zero-order chi connectivity index (χ0) is 13.7. The molecule has 0 radical (unpaired) electrons. The summed E-state index contributed by atoms with van der Waals surface area (Å²) in [6.07, 6.45) is 1.61. The lowest BCUT2D eigenvalue weighted by molar-refractivity contribution is 0.424. The van der Waals surface area contributed by atoms with Gasteiger partial charge in [0.25, 0.3) is 0 Å². The Morgan fingerprint density at radius 1 is 1.18 bits per heavy atom. The molecule has 0 aromatic heterocycles. The summed E-state index contributed by atoms with van der Waals surface area (Å²) >= 11 is 0. The highest BCUT2D eigenvalue weighted by Gasteiger charge is 2.16. The molecule has 0 aromatic carbocycles. The van der Waals surface area contributed by atoms with Gasteiger partial charge in [0.1, 0.15) is 0 Å². The summed E-state index contributed by atoms with van der Waals surface area (Å²) in [4.78, 5) is 0. The molecule has 0 saturated carbocycles. The third-order valence-electron chi connectivity index (χ3n) is 2.33. The molecule has 0 aromatic rings. The summed E-state index contributed by atoms with van der Waals surface area (Å²) in [5, 5.41) is -0.473. The second-order valence-electron chi connectivity index (χ2n) is 4.10. The van der Waals surface area contributed by atoms with Crippen LogP contribution in [0.15, 0.2) is 0 Å². The minimum Gasteiger partial charge on any atom is -0.215 e. The van der Waals surface area contributed by atoms with Crippen LogP contribution in [0.25, 0.3) is 0 Å². The maximum atomic E-state index is 11.4. The van der Waals surface area contributed by atoms with Crippen molar-refractivity contribution < 1.29 is 16.8 Å². The molecule has 0 aliphatic carbocycles. The first kappa shape index (κ1) is 16.8. The van der Waals surface area contributed by atoms with Gasteiger partial charge in [0.2, 0.25) is 20.0 Å². The maximum absolute atomic E-state index is 11.4. The molecule has 0 heterocycles. The minimum atomic E-state index is -3.26. The Bertz CT molecular complexity index is 414. The van der Waals surface area contributed by atoms with Crippen molar-refractivity contribution >= 4 is 20.0 Å². The lowest BCUT2D eigenvalue weighted by Crippen LogP contribution is -2.35. The highest BCUT2D eigenvalue weighted by atomic mass is 32.2. The van der Waals surface area contributed by atoms with Crippen LogP contribution >= 0.6 is 0 Å². The van der Waals surface area contributed by atoms with Crippen LogP contribution in [0.3, 0.4) is 0 Å². The van der Waals surface area contributed by atoms with Crippen molar-refractivity contribution in [2.75, 3.05) is 25.9 Å². The molecule has 1 N–H and O–H groups in total. The Morgan fingerprint density at radius 2 is 1.71 bits per heavy atom. The molecule has 0 amide bonds. The fourth-order valence-corrected chi connectivity index (χ4v) is 2.89. The van der Waals surface area contributed by atoms with E-state index in [1.54, 1.807) is 20.8 Å². The quantitative estimate of drug-likeness (QED) is 0.636. The highest BCUT2D eigenvalue weighted by Crippen LogP contribution is 2.00. The summed E-state index contributed by atoms with van der Waals surface area (Å²) in [6, 6.07) is 0. The molecule has 0 saturated heterocycles. The Kier molecular flexibility index (Phi) is 6.60. The van der Waals surface area contributed by atoms with Crippen LogP contribution in [0.5, 0.6) is 0 Å². The first-order valence-electron chi connectivity index (χ1n) is 5.55. The number of rotatable bonds is 8. The van der Waals surface area contributed by atoms with Crippen LogP contribution in [-0.2, 0) is 20.0 Å². The maximum Gasteiger partial charge on any atom is 0.213 e. The van der Waals surface area contributed by atoms with E-state index in [1.165, 1.54) is 4.31 Å². The molecule has 0 aliphatic rings. The van der Waals surface area contributed by atoms with Crippen LogP contribution in [0.4, 0.5) is 0 Å². The second-order valence-corrected chi connectivity index (χ2v) is 8.40. The van der Waals surface area contributed by atoms with Crippen molar-refractivity contribution in [3.05, 3.63) is 0 Å². The SMILES string of the molecule is CCN(CCCNS(=O)(=O)C(C)C)S(C)(=O)=O. The van der Waals surface area contributed by atoms with Gasteiger partial charge in [0, 0.05) is 19.6 Å². The summed E-state index contributed by atoms with van der Waals surface area (Å²) in [6.45, 7) is 5.92. The lowest BCUT2D eigenvalue weighted by Gasteiger charge is -2.17. The molecule has 0 spiro atoms. The third-order valence-corrected chi connectivity index (χ3v) is 5.56. The standard InChI is InChI=1S/C9H22N2O4S2/c1-5-11(16(4,12)13)8-6-7-10-17(14,15)9(2)3/h9-10H,5-8H2,1-4H3. The molecule has 0 bridgehead atoms. The molecular weight excluding hydrogens is 264 g/mol. The molecule has 0 atom stereocenters. The monoisotopic (exact) mass is 286 g/mol. The van der Waals surface area contributed by atoms with Gasteiger partial charge in [-0.05, 0) is 20.3 Å². The van der Waals surface area contributed by atoms with Gasteiger partial charge >= 0.3 is 0 Å². The number of sulfonamides is 2. The first-order chi connectivity index (χ1) is 7.61. The van der Waals surface area contributed by atoms with Crippen molar-refractivity contribution in [3.63, 3.8) is 0 Å². The van der Waals surface area contributed by atoms with Crippen molar-refractivity contribution in [2.24, 2.45) is 0 Å².